The second-order valence-electron chi connectivity index (χ2n) is 11.9. The molecule has 4 rings (SSSR count). The van der Waals surface area contributed by atoms with Crippen LogP contribution in [0.3, 0.4) is 0 Å². The van der Waals surface area contributed by atoms with E-state index in [1.54, 1.807) is 39.0 Å². The van der Waals surface area contributed by atoms with E-state index >= 15 is 4.39 Å². The molecule has 1 saturated heterocycles. The number of nitrogens with zero attached hydrogens (tertiary/aromatic N) is 1. The topological polar surface area (TPSA) is 97.8 Å². The zero-order valence-electron chi connectivity index (χ0n) is 23.4. The molecule has 1 amide bonds. The van der Waals surface area contributed by atoms with Gasteiger partial charge in [-0.2, -0.15) is 0 Å². The zero-order chi connectivity index (χ0) is 29.1. The maximum absolute atomic E-state index is 15.1. The molecule has 0 aromatic heterocycles. The summed E-state index contributed by atoms with van der Waals surface area (Å²) in [6.07, 6.45) is 5.52. The molecule has 216 valence electrons. The Morgan fingerprint density at radius 1 is 0.975 bits per heavy atom. The van der Waals surface area contributed by atoms with Crippen molar-refractivity contribution in [2.75, 3.05) is 12.3 Å². The maximum atomic E-state index is 15.1. The predicted octanol–water partition coefficient (Wildman–Crippen LogP) is 5.80. The lowest BCUT2D eigenvalue weighted by atomic mass is 9.75. The van der Waals surface area contributed by atoms with Gasteiger partial charge in [-0.15, -0.1) is 0 Å². The van der Waals surface area contributed by atoms with Crippen molar-refractivity contribution in [3.05, 3.63) is 65.5 Å². The van der Waals surface area contributed by atoms with Gasteiger partial charge in [-0.25, -0.2) is 17.6 Å². The molecule has 2 aromatic rings. The molecular formula is C31H38FNO6S. The van der Waals surface area contributed by atoms with Crippen LogP contribution in [-0.4, -0.2) is 54.9 Å². The second-order valence-corrected chi connectivity index (χ2v) is 13.9. The Labute approximate surface area is 236 Å². The molecule has 0 bridgehead atoms. The summed E-state index contributed by atoms with van der Waals surface area (Å²) in [6.45, 7) is 5.79. The summed E-state index contributed by atoms with van der Waals surface area (Å²) in [4.78, 5) is 41.0. The lowest BCUT2D eigenvalue weighted by Gasteiger charge is -2.34. The van der Waals surface area contributed by atoms with Crippen LogP contribution in [0.2, 0.25) is 0 Å². The number of likely N-dealkylation sites (tertiary alicyclic amines) is 1. The smallest absolute Gasteiger partial charge is 0.410 e. The van der Waals surface area contributed by atoms with E-state index in [0.29, 0.717) is 18.0 Å². The van der Waals surface area contributed by atoms with Crippen molar-refractivity contribution < 1.29 is 31.9 Å². The number of amides is 1. The molecule has 0 N–H and O–H groups in total. The third-order valence-corrected chi connectivity index (χ3v) is 9.43. The maximum Gasteiger partial charge on any atom is 0.410 e. The number of carbonyl (C=O) groups excluding carboxylic acids is 3. The van der Waals surface area contributed by atoms with E-state index in [4.69, 9.17) is 4.74 Å². The van der Waals surface area contributed by atoms with E-state index in [1.807, 2.05) is 0 Å². The highest BCUT2D eigenvalue weighted by atomic mass is 32.2. The summed E-state index contributed by atoms with van der Waals surface area (Å²) in [7, 11) is -3.93. The summed E-state index contributed by atoms with van der Waals surface area (Å²) in [5.41, 5.74) is -0.678. The normalized spacial score (nSPS) is 20.4. The van der Waals surface area contributed by atoms with Gasteiger partial charge < -0.3 is 4.74 Å². The molecule has 40 heavy (non-hydrogen) atoms. The number of hydrogen-bond donors (Lipinski definition) is 0. The minimum absolute atomic E-state index is 0.00963. The van der Waals surface area contributed by atoms with Gasteiger partial charge >= 0.3 is 6.09 Å². The fourth-order valence-corrected chi connectivity index (χ4v) is 7.21. The number of Topliss-reactive ketones (excluding diaryl/α,β-unsaturated/α-hetero) is 2. The van der Waals surface area contributed by atoms with Crippen molar-refractivity contribution in [2.45, 2.75) is 82.3 Å². The molecule has 1 heterocycles. The van der Waals surface area contributed by atoms with Crippen LogP contribution in [0.25, 0.3) is 0 Å². The Kier molecular flexibility index (Phi) is 9.12. The Hall–Kier alpha value is -3.07. The first-order valence-electron chi connectivity index (χ1n) is 14.0. The van der Waals surface area contributed by atoms with Gasteiger partial charge in [0, 0.05) is 13.0 Å². The number of rotatable bonds is 8. The summed E-state index contributed by atoms with van der Waals surface area (Å²) in [6, 6.07) is 10.7. The highest BCUT2D eigenvalue weighted by Crippen LogP contribution is 2.40. The number of sulfone groups is 1. The van der Waals surface area contributed by atoms with E-state index in [1.165, 1.54) is 35.6 Å². The number of hydrogen-bond acceptors (Lipinski definition) is 6. The van der Waals surface area contributed by atoms with Gasteiger partial charge in [0.15, 0.2) is 21.4 Å². The van der Waals surface area contributed by atoms with Crippen molar-refractivity contribution in [2.24, 2.45) is 11.8 Å². The molecule has 1 aliphatic carbocycles. The van der Waals surface area contributed by atoms with Gasteiger partial charge in [0.05, 0.1) is 16.5 Å². The van der Waals surface area contributed by atoms with Gasteiger partial charge in [0.1, 0.15) is 17.2 Å². The van der Waals surface area contributed by atoms with E-state index in [-0.39, 0.29) is 28.6 Å². The van der Waals surface area contributed by atoms with E-state index < -0.39 is 44.9 Å². The van der Waals surface area contributed by atoms with Crippen LogP contribution in [0.5, 0.6) is 0 Å². The lowest BCUT2D eigenvalue weighted by Crippen LogP contribution is -2.47. The quantitative estimate of drug-likeness (QED) is 0.372. The van der Waals surface area contributed by atoms with Crippen LogP contribution in [0, 0.1) is 17.7 Å². The second kappa shape index (κ2) is 12.2. The molecule has 2 aliphatic rings. The van der Waals surface area contributed by atoms with Crippen molar-refractivity contribution >= 4 is 27.5 Å². The average molecular weight is 572 g/mol. The number of ketones is 2. The van der Waals surface area contributed by atoms with Gasteiger partial charge in [-0.1, -0.05) is 56.4 Å². The van der Waals surface area contributed by atoms with E-state index in [0.717, 1.165) is 38.2 Å². The summed E-state index contributed by atoms with van der Waals surface area (Å²) >= 11 is 0. The van der Waals surface area contributed by atoms with Crippen molar-refractivity contribution in [3.63, 3.8) is 0 Å². The van der Waals surface area contributed by atoms with Crippen molar-refractivity contribution in [1.29, 1.82) is 0 Å². The van der Waals surface area contributed by atoms with Crippen LogP contribution >= 0.6 is 0 Å². The SMILES string of the molecule is CC(C)(C)OC(=O)N1CC[C@@H](C2CCCCC2)[C@H]1C(=O)Cc1ccc(C(=O)CS(=O)(=O)c2ccccc2)c(F)c1. The molecule has 9 heteroatoms. The van der Waals surface area contributed by atoms with Gasteiger partial charge in [-0.05, 0) is 68.9 Å². The fraction of sp³-hybridized carbons (Fsp3) is 0.516. The average Bonchev–Trinajstić information content (AvgIpc) is 3.34. The van der Waals surface area contributed by atoms with Crippen LogP contribution in [0.1, 0.15) is 75.2 Å². The van der Waals surface area contributed by atoms with Crippen LogP contribution < -0.4 is 0 Å². The number of ether oxygens (including phenoxy) is 1. The highest BCUT2D eigenvalue weighted by molar-refractivity contribution is 7.92. The molecule has 7 nitrogen and oxygen atoms in total. The molecule has 2 atom stereocenters. The first-order valence-corrected chi connectivity index (χ1v) is 15.6. The van der Waals surface area contributed by atoms with Crippen LogP contribution in [-0.2, 0) is 25.8 Å². The number of benzene rings is 2. The number of carbonyl (C=O) groups is 3. The minimum atomic E-state index is -3.93. The monoisotopic (exact) mass is 571 g/mol. The molecule has 0 radical (unpaired) electrons. The Morgan fingerprint density at radius 3 is 2.27 bits per heavy atom. The molecule has 2 fully saturated rings. The molecular weight excluding hydrogens is 533 g/mol. The predicted molar refractivity (Wildman–Crippen MR) is 149 cm³/mol. The first kappa shape index (κ1) is 29.9. The molecule has 1 saturated carbocycles. The third kappa shape index (κ3) is 7.16. The van der Waals surface area contributed by atoms with Crippen molar-refractivity contribution in [1.82, 2.24) is 4.90 Å². The van der Waals surface area contributed by atoms with Gasteiger partial charge in [-0.3, -0.25) is 14.5 Å². The Morgan fingerprint density at radius 2 is 1.65 bits per heavy atom. The van der Waals surface area contributed by atoms with Crippen LogP contribution in [0.15, 0.2) is 53.4 Å². The van der Waals surface area contributed by atoms with Gasteiger partial charge in [0.25, 0.3) is 0 Å². The standard InChI is InChI=1S/C31H38FNO6S/c1-31(2,3)39-30(36)33-17-16-24(22-10-6-4-7-11-22)29(33)27(34)19-21-14-15-25(26(32)18-21)28(35)20-40(37,38)23-12-8-5-9-13-23/h5,8-9,12-15,18,22,24,29H,4,6-7,10-11,16-17,19-20H2,1-3H3/t24-,29-/m0/s1. The number of halogens is 1. The summed E-state index contributed by atoms with van der Waals surface area (Å²) in [5.74, 6) is -2.42. The third-order valence-electron chi connectivity index (χ3n) is 7.79. The molecule has 2 aromatic carbocycles. The summed E-state index contributed by atoms with van der Waals surface area (Å²) < 4.78 is 45.8. The Bertz CT molecular complexity index is 1350. The molecule has 0 spiro atoms. The molecule has 1 aliphatic heterocycles. The van der Waals surface area contributed by atoms with Crippen molar-refractivity contribution in [3.8, 4) is 0 Å². The fourth-order valence-electron chi connectivity index (χ4n) is 5.97. The highest BCUT2D eigenvalue weighted by Gasteiger charge is 2.46. The Balaban J connectivity index is 1.51. The molecule has 0 unspecified atom stereocenters. The van der Waals surface area contributed by atoms with E-state index in [2.05, 4.69) is 0 Å². The lowest BCUT2D eigenvalue weighted by molar-refractivity contribution is -0.124. The summed E-state index contributed by atoms with van der Waals surface area (Å²) in [5, 5.41) is 0. The van der Waals surface area contributed by atoms with Crippen LogP contribution in [0.4, 0.5) is 9.18 Å². The van der Waals surface area contributed by atoms with E-state index in [9.17, 15) is 22.8 Å². The largest absolute Gasteiger partial charge is 0.444 e. The first-order chi connectivity index (χ1) is 18.9. The zero-order valence-corrected chi connectivity index (χ0v) is 24.2. The minimum Gasteiger partial charge on any atom is -0.444 e. The van der Waals surface area contributed by atoms with Gasteiger partial charge in [0.2, 0.25) is 0 Å².